The number of anilines is 1. The molecule has 2 aromatic carbocycles. The fourth-order valence-corrected chi connectivity index (χ4v) is 4.87. The van der Waals surface area contributed by atoms with Crippen LogP contribution < -0.4 is 10.2 Å². The Balaban J connectivity index is 1.66. The molecule has 1 saturated heterocycles. The van der Waals surface area contributed by atoms with Crippen LogP contribution in [0.15, 0.2) is 53.4 Å². The summed E-state index contributed by atoms with van der Waals surface area (Å²) >= 11 is 0. The highest BCUT2D eigenvalue weighted by molar-refractivity contribution is 7.89. The first-order valence-electron chi connectivity index (χ1n) is 9.55. The van der Waals surface area contributed by atoms with Gasteiger partial charge in [-0.25, -0.2) is 8.42 Å². The lowest BCUT2D eigenvalue weighted by atomic mass is 10.1. The molecule has 0 radical (unpaired) electrons. The number of carbonyl (C=O) groups excluding carboxylic acids is 1. The Hall–Kier alpha value is -2.38. The number of hydrogen-bond acceptors (Lipinski definition) is 4. The molecule has 0 atom stereocenters. The maximum absolute atomic E-state index is 12.8. The molecule has 0 saturated carbocycles. The maximum atomic E-state index is 12.8. The van der Waals surface area contributed by atoms with Crippen molar-refractivity contribution >= 4 is 21.6 Å². The van der Waals surface area contributed by atoms with Crippen molar-refractivity contribution in [2.75, 3.05) is 38.1 Å². The quantitative estimate of drug-likeness (QED) is 0.774. The van der Waals surface area contributed by atoms with Crippen LogP contribution >= 0.6 is 0 Å². The van der Waals surface area contributed by atoms with Crippen molar-refractivity contribution in [3.8, 4) is 0 Å². The van der Waals surface area contributed by atoms with Gasteiger partial charge in [0.15, 0.2) is 0 Å². The standard InChI is InChI=1S/C21H27N3O3S/c1-17-10-11-19(28(26,27)24-13-6-7-14-24)16-20(17)21(25)22-12-15-23(2)18-8-4-3-5-9-18/h3-5,8-11,16H,6-7,12-15H2,1-2H3,(H,22,25). The second-order valence-corrected chi connectivity index (χ2v) is 9.04. The van der Waals surface area contributed by atoms with Crippen LogP contribution in [0.1, 0.15) is 28.8 Å². The molecule has 0 unspecified atom stereocenters. The van der Waals surface area contributed by atoms with Gasteiger partial charge in [0.2, 0.25) is 10.0 Å². The molecule has 3 rings (SSSR count). The molecule has 150 valence electrons. The lowest BCUT2D eigenvalue weighted by molar-refractivity contribution is 0.0954. The van der Waals surface area contributed by atoms with E-state index in [1.165, 1.54) is 10.4 Å². The molecule has 1 aliphatic rings. The molecule has 28 heavy (non-hydrogen) atoms. The first-order chi connectivity index (χ1) is 13.4. The third-order valence-electron chi connectivity index (χ3n) is 5.09. The summed E-state index contributed by atoms with van der Waals surface area (Å²) in [6.45, 7) is 4.03. The Morgan fingerprint density at radius 2 is 1.79 bits per heavy atom. The summed E-state index contributed by atoms with van der Waals surface area (Å²) < 4.78 is 27.0. The molecule has 7 heteroatoms. The van der Waals surface area contributed by atoms with Gasteiger partial charge in [0.25, 0.3) is 5.91 Å². The van der Waals surface area contributed by atoms with Crippen LogP contribution in [-0.4, -0.2) is 51.9 Å². The van der Waals surface area contributed by atoms with Gasteiger partial charge in [-0.05, 0) is 49.6 Å². The lowest BCUT2D eigenvalue weighted by Crippen LogP contribution is -2.33. The normalized spacial score (nSPS) is 14.8. The minimum Gasteiger partial charge on any atom is -0.373 e. The summed E-state index contributed by atoms with van der Waals surface area (Å²) in [5, 5.41) is 2.90. The topological polar surface area (TPSA) is 69.7 Å². The summed E-state index contributed by atoms with van der Waals surface area (Å²) in [5.74, 6) is -0.252. The number of carbonyl (C=O) groups is 1. The van der Waals surface area contributed by atoms with Crippen LogP contribution in [0.3, 0.4) is 0 Å². The fourth-order valence-electron chi connectivity index (χ4n) is 3.33. The van der Waals surface area contributed by atoms with Gasteiger partial charge in [-0.1, -0.05) is 24.3 Å². The van der Waals surface area contributed by atoms with Crippen LogP contribution in [0.25, 0.3) is 0 Å². The van der Waals surface area contributed by atoms with E-state index in [9.17, 15) is 13.2 Å². The van der Waals surface area contributed by atoms with Crippen molar-refractivity contribution in [2.24, 2.45) is 0 Å². The Kier molecular flexibility index (Phi) is 6.36. The SMILES string of the molecule is Cc1ccc(S(=O)(=O)N2CCCC2)cc1C(=O)NCCN(C)c1ccccc1. The van der Waals surface area contributed by atoms with E-state index in [1.807, 2.05) is 44.3 Å². The van der Waals surface area contributed by atoms with Gasteiger partial charge in [0, 0.05) is 44.5 Å². The molecule has 0 aliphatic carbocycles. The van der Waals surface area contributed by atoms with E-state index in [0.29, 0.717) is 31.7 Å². The molecule has 0 spiro atoms. The number of nitrogens with one attached hydrogen (secondary N) is 1. The Morgan fingerprint density at radius 1 is 1.11 bits per heavy atom. The van der Waals surface area contributed by atoms with E-state index >= 15 is 0 Å². The van der Waals surface area contributed by atoms with Crippen molar-refractivity contribution < 1.29 is 13.2 Å². The third kappa shape index (κ3) is 4.54. The molecule has 1 fully saturated rings. The summed E-state index contributed by atoms with van der Waals surface area (Å²) in [5.41, 5.74) is 2.24. The molecular formula is C21H27N3O3S. The van der Waals surface area contributed by atoms with Gasteiger partial charge in [-0.2, -0.15) is 4.31 Å². The first-order valence-corrected chi connectivity index (χ1v) is 11.0. The predicted octanol–water partition coefficient (Wildman–Crippen LogP) is 2.65. The number of amides is 1. The van der Waals surface area contributed by atoms with Gasteiger partial charge >= 0.3 is 0 Å². The molecule has 2 aromatic rings. The van der Waals surface area contributed by atoms with E-state index < -0.39 is 10.0 Å². The summed E-state index contributed by atoms with van der Waals surface area (Å²) in [6.07, 6.45) is 1.76. The van der Waals surface area contributed by atoms with E-state index in [4.69, 9.17) is 0 Å². The van der Waals surface area contributed by atoms with Crippen LogP contribution in [-0.2, 0) is 10.0 Å². The second kappa shape index (κ2) is 8.75. The summed E-state index contributed by atoms with van der Waals surface area (Å²) in [6, 6.07) is 14.7. The zero-order valence-electron chi connectivity index (χ0n) is 16.4. The molecule has 1 N–H and O–H groups in total. The molecule has 0 bridgehead atoms. The van der Waals surface area contributed by atoms with Crippen molar-refractivity contribution in [1.82, 2.24) is 9.62 Å². The summed E-state index contributed by atoms with van der Waals surface area (Å²) in [4.78, 5) is 14.9. The van der Waals surface area contributed by atoms with E-state index in [1.54, 1.807) is 12.1 Å². The molecular weight excluding hydrogens is 374 g/mol. The number of sulfonamides is 1. The molecule has 0 aromatic heterocycles. The van der Waals surface area contributed by atoms with Gasteiger partial charge in [0.05, 0.1) is 4.90 Å². The Labute approximate surface area is 167 Å². The van der Waals surface area contributed by atoms with E-state index in [0.717, 1.165) is 24.1 Å². The number of benzene rings is 2. The van der Waals surface area contributed by atoms with Gasteiger partial charge in [-0.3, -0.25) is 4.79 Å². The molecule has 1 aliphatic heterocycles. The molecule has 6 nitrogen and oxygen atoms in total. The van der Waals surface area contributed by atoms with Gasteiger partial charge < -0.3 is 10.2 Å². The number of nitrogens with zero attached hydrogens (tertiary/aromatic N) is 2. The van der Waals surface area contributed by atoms with Gasteiger partial charge in [0.1, 0.15) is 0 Å². The average Bonchev–Trinajstić information content (AvgIpc) is 3.24. The summed E-state index contributed by atoms with van der Waals surface area (Å²) in [7, 11) is -1.57. The monoisotopic (exact) mass is 401 g/mol. The average molecular weight is 402 g/mol. The highest BCUT2D eigenvalue weighted by atomic mass is 32.2. The minimum absolute atomic E-state index is 0.187. The zero-order valence-corrected chi connectivity index (χ0v) is 17.2. The Morgan fingerprint density at radius 3 is 2.46 bits per heavy atom. The van der Waals surface area contributed by atoms with Crippen LogP contribution in [0.4, 0.5) is 5.69 Å². The predicted molar refractivity (Wildman–Crippen MR) is 111 cm³/mol. The number of hydrogen-bond donors (Lipinski definition) is 1. The van der Waals surface area contributed by atoms with Crippen molar-refractivity contribution in [3.63, 3.8) is 0 Å². The van der Waals surface area contributed by atoms with Crippen LogP contribution in [0.5, 0.6) is 0 Å². The van der Waals surface area contributed by atoms with Crippen LogP contribution in [0, 0.1) is 6.92 Å². The van der Waals surface area contributed by atoms with Crippen LogP contribution in [0.2, 0.25) is 0 Å². The van der Waals surface area contributed by atoms with E-state index in [-0.39, 0.29) is 10.8 Å². The van der Waals surface area contributed by atoms with Gasteiger partial charge in [-0.15, -0.1) is 0 Å². The lowest BCUT2D eigenvalue weighted by Gasteiger charge is -2.20. The number of aryl methyl sites for hydroxylation is 1. The maximum Gasteiger partial charge on any atom is 0.251 e. The van der Waals surface area contributed by atoms with Crippen molar-refractivity contribution in [3.05, 3.63) is 59.7 Å². The fraction of sp³-hybridized carbons (Fsp3) is 0.381. The number of likely N-dealkylation sites (N-methyl/N-ethyl adjacent to an activating group) is 1. The second-order valence-electron chi connectivity index (χ2n) is 7.10. The number of para-hydroxylation sites is 1. The minimum atomic E-state index is -3.54. The number of rotatable bonds is 7. The van der Waals surface area contributed by atoms with E-state index in [2.05, 4.69) is 10.2 Å². The first kappa shape index (κ1) is 20.4. The van der Waals surface area contributed by atoms with Crippen molar-refractivity contribution in [2.45, 2.75) is 24.7 Å². The molecule has 1 heterocycles. The largest absolute Gasteiger partial charge is 0.373 e. The highest BCUT2D eigenvalue weighted by Crippen LogP contribution is 2.23. The third-order valence-corrected chi connectivity index (χ3v) is 6.98. The smallest absolute Gasteiger partial charge is 0.251 e. The Bertz CT molecular complexity index is 923. The van der Waals surface area contributed by atoms with Crippen molar-refractivity contribution in [1.29, 1.82) is 0 Å². The highest BCUT2D eigenvalue weighted by Gasteiger charge is 2.28. The zero-order chi connectivity index (χ0) is 20.1. The molecule has 1 amide bonds.